The van der Waals surface area contributed by atoms with E-state index in [1.54, 1.807) is 13.0 Å². The quantitative estimate of drug-likeness (QED) is 0.744. The van der Waals surface area contributed by atoms with Gasteiger partial charge in [-0.3, -0.25) is 0 Å². The first-order valence-electron chi connectivity index (χ1n) is 6.24. The van der Waals surface area contributed by atoms with Crippen molar-refractivity contribution in [1.82, 2.24) is 0 Å². The van der Waals surface area contributed by atoms with Gasteiger partial charge < -0.3 is 9.84 Å². The van der Waals surface area contributed by atoms with Crippen LogP contribution in [0.15, 0.2) is 55.1 Å². The molecule has 1 N–H and O–H groups in total. The van der Waals surface area contributed by atoms with E-state index in [0.717, 1.165) is 11.1 Å². The van der Waals surface area contributed by atoms with Crippen molar-refractivity contribution in [2.75, 3.05) is 0 Å². The van der Waals surface area contributed by atoms with Crippen LogP contribution in [0, 0.1) is 0 Å². The Morgan fingerprint density at radius 3 is 2.44 bits per heavy atom. The standard InChI is InChI=1S/C16H22O2/c1-5-12(2)16(15-9-7-6-8-10-15)18-14(4)11-13(3)17/h5-10,13-14,16-17H,1-2,11H2,3-4H3/t13-,14-,16+/m1/s1. The molecule has 2 heteroatoms. The van der Waals surface area contributed by atoms with Gasteiger partial charge in [0.05, 0.1) is 12.2 Å². The summed E-state index contributed by atoms with van der Waals surface area (Å²) in [4.78, 5) is 0. The Bertz CT molecular complexity index is 381. The summed E-state index contributed by atoms with van der Waals surface area (Å²) in [7, 11) is 0. The van der Waals surface area contributed by atoms with Gasteiger partial charge in [0, 0.05) is 0 Å². The van der Waals surface area contributed by atoms with Gasteiger partial charge in [0.2, 0.25) is 0 Å². The van der Waals surface area contributed by atoms with Crippen molar-refractivity contribution < 1.29 is 9.84 Å². The smallest absolute Gasteiger partial charge is 0.107 e. The molecule has 0 saturated heterocycles. The van der Waals surface area contributed by atoms with Gasteiger partial charge in [-0.15, -0.1) is 0 Å². The molecule has 0 aliphatic heterocycles. The maximum atomic E-state index is 9.38. The second-order valence-corrected chi connectivity index (χ2v) is 4.60. The molecule has 0 fully saturated rings. The zero-order valence-corrected chi connectivity index (χ0v) is 11.2. The summed E-state index contributed by atoms with van der Waals surface area (Å²) < 4.78 is 5.97. The minimum absolute atomic E-state index is 0.0353. The first-order chi connectivity index (χ1) is 8.54. The van der Waals surface area contributed by atoms with E-state index in [2.05, 4.69) is 13.2 Å². The molecule has 18 heavy (non-hydrogen) atoms. The predicted octanol–water partition coefficient (Wildman–Crippen LogP) is 3.65. The molecule has 1 aromatic rings. The lowest BCUT2D eigenvalue weighted by Gasteiger charge is -2.24. The number of hydrogen-bond donors (Lipinski definition) is 1. The molecule has 0 heterocycles. The van der Waals surface area contributed by atoms with Crippen LogP contribution in [0.2, 0.25) is 0 Å². The van der Waals surface area contributed by atoms with Crippen molar-refractivity contribution in [3.05, 3.63) is 60.7 Å². The number of aliphatic hydroxyl groups excluding tert-OH is 1. The molecule has 0 aliphatic rings. The minimum atomic E-state index is -0.367. The molecule has 98 valence electrons. The third kappa shape index (κ3) is 4.47. The Hall–Kier alpha value is -1.38. The molecule has 0 amide bonds. The fourth-order valence-corrected chi connectivity index (χ4v) is 1.88. The van der Waals surface area contributed by atoms with Crippen molar-refractivity contribution in [2.45, 2.75) is 38.6 Å². The molecule has 0 unspecified atom stereocenters. The van der Waals surface area contributed by atoms with Gasteiger partial charge in [0.15, 0.2) is 0 Å². The Kier molecular flexibility index (Phi) is 5.83. The molecule has 0 aromatic heterocycles. The second-order valence-electron chi connectivity index (χ2n) is 4.60. The van der Waals surface area contributed by atoms with Crippen LogP contribution in [-0.4, -0.2) is 17.3 Å². The summed E-state index contributed by atoms with van der Waals surface area (Å²) in [6, 6.07) is 9.93. The summed E-state index contributed by atoms with van der Waals surface area (Å²) in [5.74, 6) is 0. The highest BCUT2D eigenvalue weighted by Gasteiger charge is 2.18. The lowest BCUT2D eigenvalue weighted by atomic mass is 10.0. The molecular formula is C16H22O2. The van der Waals surface area contributed by atoms with Crippen LogP contribution in [0.25, 0.3) is 0 Å². The van der Waals surface area contributed by atoms with Gasteiger partial charge in [-0.05, 0) is 31.4 Å². The van der Waals surface area contributed by atoms with E-state index < -0.39 is 0 Å². The lowest BCUT2D eigenvalue weighted by Crippen LogP contribution is -2.19. The van der Waals surface area contributed by atoms with Crippen LogP contribution in [0.4, 0.5) is 0 Å². The largest absolute Gasteiger partial charge is 0.393 e. The first-order valence-corrected chi connectivity index (χ1v) is 6.24. The van der Waals surface area contributed by atoms with E-state index in [1.165, 1.54) is 0 Å². The van der Waals surface area contributed by atoms with Gasteiger partial charge in [0.1, 0.15) is 6.10 Å². The summed E-state index contributed by atoms with van der Waals surface area (Å²) >= 11 is 0. The molecule has 2 nitrogen and oxygen atoms in total. The highest BCUT2D eigenvalue weighted by Crippen LogP contribution is 2.27. The average Bonchev–Trinajstić information content (AvgIpc) is 2.35. The maximum absolute atomic E-state index is 9.38. The third-order valence-corrected chi connectivity index (χ3v) is 2.74. The summed E-state index contributed by atoms with van der Waals surface area (Å²) in [5, 5.41) is 9.38. The van der Waals surface area contributed by atoms with Gasteiger partial charge in [-0.1, -0.05) is 49.6 Å². The Balaban J connectivity index is 2.80. The Morgan fingerprint density at radius 1 is 1.33 bits per heavy atom. The fourth-order valence-electron chi connectivity index (χ4n) is 1.88. The number of hydrogen-bond acceptors (Lipinski definition) is 2. The van der Waals surface area contributed by atoms with Gasteiger partial charge in [-0.25, -0.2) is 0 Å². The average molecular weight is 246 g/mol. The van der Waals surface area contributed by atoms with Crippen LogP contribution in [0.1, 0.15) is 31.9 Å². The van der Waals surface area contributed by atoms with Crippen molar-refractivity contribution in [3.8, 4) is 0 Å². The zero-order chi connectivity index (χ0) is 13.5. The Labute approximate surface area is 110 Å². The van der Waals surface area contributed by atoms with Gasteiger partial charge in [0.25, 0.3) is 0 Å². The van der Waals surface area contributed by atoms with E-state index in [-0.39, 0.29) is 18.3 Å². The molecular weight excluding hydrogens is 224 g/mol. The van der Waals surface area contributed by atoms with Crippen molar-refractivity contribution in [2.24, 2.45) is 0 Å². The molecule has 0 spiro atoms. The molecule has 1 rings (SSSR count). The van der Waals surface area contributed by atoms with Crippen molar-refractivity contribution >= 4 is 0 Å². The van der Waals surface area contributed by atoms with Crippen LogP contribution in [-0.2, 0) is 4.74 Å². The normalized spacial score (nSPS) is 15.7. The third-order valence-electron chi connectivity index (χ3n) is 2.74. The Morgan fingerprint density at radius 2 is 1.94 bits per heavy atom. The maximum Gasteiger partial charge on any atom is 0.107 e. The lowest BCUT2D eigenvalue weighted by molar-refractivity contribution is -0.00707. The molecule has 0 saturated carbocycles. The monoisotopic (exact) mass is 246 g/mol. The first kappa shape index (κ1) is 14.7. The topological polar surface area (TPSA) is 29.5 Å². The van der Waals surface area contributed by atoms with Crippen LogP contribution in [0.5, 0.6) is 0 Å². The number of aliphatic hydroxyl groups is 1. The highest BCUT2D eigenvalue weighted by molar-refractivity contribution is 5.29. The predicted molar refractivity (Wildman–Crippen MR) is 75.4 cm³/mol. The second kappa shape index (κ2) is 7.14. The van der Waals surface area contributed by atoms with Crippen molar-refractivity contribution in [3.63, 3.8) is 0 Å². The van der Waals surface area contributed by atoms with Crippen LogP contribution in [0.3, 0.4) is 0 Å². The van der Waals surface area contributed by atoms with E-state index in [0.29, 0.717) is 6.42 Å². The number of rotatable bonds is 7. The summed E-state index contributed by atoms with van der Waals surface area (Å²) in [6.45, 7) is 11.4. The highest BCUT2D eigenvalue weighted by atomic mass is 16.5. The zero-order valence-electron chi connectivity index (χ0n) is 11.2. The van der Waals surface area contributed by atoms with E-state index in [4.69, 9.17) is 4.74 Å². The molecule has 0 bridgehead atoms. The minimum Gasteiger partial charge on any atom is -0.393 e. The van der Waals surface area contributed by atoms with E-state index >= 15 is 0 Å². The number of ether oxygens (including phenoxy) is 1. The summed E-state index contributed by atoms with van der Waals surface area (Å²) in [6.07, 6.45) is 1.72. The van der Waals surface area contributed by atoms with Crippen LogP contribution < -0.4 is 0 Å². The SMILES string of the molecule is C=CC(=C)[C@H](O[C@H](C)C[C@@H](C)O)c1ccccc1. The van der Waals surface area contributed by atoms with E-state index in [9.17, 15) is 5.11 Å². The summed E-state index contributed by atoms with van der Waals surface area (Å²) in [5.41, 5.74) is 1.89. The molecule has 3 atom stereocenters. The molecule has 1 aromatic carbocycles. The van der Waals surface area contributed by atoms with Gasteiger partial charge in [-0.2, -0.15) is 0 Å². The molecule has 0 aliphatic carbocycles. The van der Waals surface area contributed by atoms with E-state index in [1.807, 2.05) is 37.3 Å². The molecule has 0 radical (unpaired) electrons. The van der Waals surface area contributed by atoms with Crippen molar-refractivity contribution in [1.29, 1.82) is 0 Å². The fraction of sp³-hybridized carbons (Fsp3) is 0.375. The van der Waals surface area contributed by atoms with Crippen LogP contribution >= 0.6 is 0 Å². The van der Waals surface area contributed by atoms with Gasteiger partial charge >= 0.3 is 0 Å². The number of benzene rings is 1.